The fraction of sp³-hybridized carbons (Fsp3) is 0.333. The molecule has 8 nitrogen and oxygen atoms in total. The molecule has 1 aliphatic rings. The maximum absolute atomic E-state index is 12.8. The van der Waals surface area contributed by atoms with E-state index in [1.807, 2.05) is 6.07 Å². The van der Waals surface area contributed by atoms with Gasteiger partial charge in [-0.2, -0.15) is 4.31 Å². The van der Waals surface area contributed by atoms with Crippen molar-refractivity contribution < 1.29 is 27.5 Å². The minimum Gasteiger partial charge on any atom is -0.484 e. The lowest BCUT2D eigenvalue weighted by Gasteiger charge is -2.29. The smallest absolute Gasteiger partial charge is 0.348 e. The molecule has 2 heterocycles. The summed E-state index contributed by atoms with van der Waals surface area (Å²) in [5, 5.41) is 3.58. The van der Waals surface area contributed by atoms with Crippen molar-refractivity contribution in [1.29, 1.82) is 0 Å². The third-order valence-corrected chi connectivity index (χ3v) is 8.77. The summed E-state index contributed by atoms with van der Waals surface area (Å²) < 4.78 is 38.3. The Balaban J connectivity index is 1.33. The molecular weight excluding hydrogens is 476 g/mol. The number of nitrogens with zero attached hydrogens (tertiary/aromatic N) is 1. The van der Waals surface area contributed by atoms with E-state index in [0.717, 1.165) is 22.9 Å². The number of fused-ring (bicyclic) bond motifs is 1. The van der Waals surface area contributed by atoms with Gasteiger partial charge >= 0.3 is 5.97 Å². The molecule has 0 aliphatic carbocycles. The van der Waals surface area contributed by atoms with Crippen LogP contribution in [0.4, 0.5) is 5.69 Å². The number of carbonyl (C=O) groups is 2. The van der Waals surface area contributed by atoms with E-state index in [0.29, 0.717) is 35.3 Å². The maximum atomic E-state index is 12.8. The van der Waals surface area contributed by atoms with E-state index in [1.54, 1.807) is 30.3 Å². The minimum absolute atomic E-state index is 0.217. The van der Waals surface area contributed by atoms with Gasteiger partial charge in [-0.15, -0.1) is 11.3 Å². The standard InChI is InChI=1S/C24H26N2O6S2/c1-16-9-11-26(12-10-16)34(29,30)20-6-4-19(5-7-20)32-15-23(27)25-18-3-8-21-17(13-18)14-22(33-21)24(28)31-2/h3-8,13-14,16H,9-12,15H2,1-2H3,(H,25,27). The molecule has 1 fully saturated rings. The molecule has 3 aromatic rings. The molecule has 10 heteroatoms. The van der Waals surface area contributed by atoms with E-state index in [-0.39, 0.29) is 17.4 Å². The Morgan fingerprint density at radius 2 is 1.79 bits per heavy atom. The molecular formula is C24H26N2O6S2. The highest BCUT2D eigenvalue weighted by atomic mass is 32.2. The van der Waals surface area contributed by atoms with E-state index < -0.39 is 16.0 Å². The third kappa shape index (κ3) is 5.40. The number of esters is 1. The van der Waals surface area contributed by atoms with E-state index >= 15 is 0 Å². The van der Waals surface area contributed by atoms with Crippen LogP contribution in [0.3, 0.4) is 0 Å². The van der Waals surface area contributed by atoms with Crippen LogP contribution in [-0.2, 0) is 19.6 Å². The Labute approximate surface area is 202 Å². The van der Waals surface area contributed by atoms with Crippen molar-refractivity contribution in [2.75, 3.05) is 32.1 Å². The van der Waals surface area contributed by atoms with E-state index in [1.165, 1.54) is 34.9 Å². The van der Waals surface area contributed by atoms with Gasteiger partial charge < -0.3 is 14.8 Å². The van der Waals surface area contributed by atoms with Crippen molar-refractivity contribution in [3.05, 3.63) is 53.4 Å². The number of sulfonamides is 1. The Morgan fingerprint density at radius 1 is 1.09 bits per heavy atom. The summed E-state index contributed by atoms with van der Waals surface area (Å²) in [4.78, 5) is 24.7. The van der Waals surface area contributed by atoms with Gasteiger partial charge in [0.05, 0.1) is 12.0 Å². The zero-order chi connectivity index (χ0) is 24.3. The molecule has 2 aromatic carbocycles. The van der Waals surface area contributed by atoms with Gasteiger partial charge in [-0.25, -0.2) is 13.2 Å². The van der Waals surface area contributed by atoms with Crippen molar-refractivity contribution in [3.63, 3.8) is 0 Å². The molecule has 0 radical (unpaired) electrons. The molecule has 1 saturated heterocycles. The minimum atomic E-state index is -3.53. The van der Waals surface area contributed by atoms with Crippen molar-refractivity contribution in [1.82, 2.24) is 4.31 Å². The van der Waals surface area contributed by atoms with Gasteiger partial charge in [-0.3, -0.25) is 4.79 Å². The number of piperidine rings is 1. The third-order valence-electron chi connectivity index (χ3n) is 5.76. The highest BCUT2D eigenvalue weighted by Crippen LogP contribution is 2.29. The number of rotatable bonds is 7. The van der Waals surface area contributed by atoms with Gasteiger partial charge in [0, 0.05) is 23.5 Å². The van der Waals surface area contributed by atoms with Crippen molar-refractivity contribution >= 4 is 49.0 Å². The summed E-state index contributed by atoms with van der Waals surface area (Å²) >= 11 is 1.32. The summed E-state index contributed by atoms with van der Waals surface area (Å²) in [6, 6.07) is 13.2. The lowest BCUT2D eigenvalue weighted by molar-refractivity contribution is -0.118. The molecule has 0 unspecified atom stereocenters. The predicted molar refractivity (Wildman–Crippen MR) is 131 cm³/mol. The van der Waals surface area contributed by atoms with E-state index in [2.05, 4.69) is 12.2 Å². The SMILES string of the molecule is COC(=O)c1cc2cc(NC(=O)COc3ccc(S(=O)(=O)N4CCC(C)CC4)cc3)ccc2s1. The van der Waals surface area contributed by atoms with Crippen LogP contribution in [0, 0.1) is 5.92 Å². The molecule has 180 valence electrons. The number of methoxy groups -OCH3 is 1. The van der Waals surface area contributed by atoms with Gasteiger partial charge in [0.15, 0.2) is 6.61 Å². The first-order chi connectivity index (χ1) is 16.3. The second-order valence-corrected chi connectivity index (χ2v) is 11.3. The highest BCUT2D eigenvalue weighted by molar-refractivity contribution is 7.89. The zero-order valence-electron chi connectivity index (χ0n) is 18.9. The number of amides is 1. The summed E-state index contributed by atoms with van der Waals surface area (Å²) in [5.74, 6) is 0.182. The number of carbonyl (C=O) groups excluding carboxylic acids is 2. The lowest BCUT2D eigenvalue weighted by Crippen LogP contribution is -2.37. The molecule has 1 aromatic heterocycles. The van der Waals surface area contributed by atoms with Gasteiger partial charge in [0.1, 0.15) is 10.6 Å². The summed E-state index contributed by atoms with van der Waals surface area (Å²) in [5.41, 5.74) is 0.576. The first-order valence-corrected chi connectivity index (χ1v) is 13.2. The van der Waals surface area contributed by atoms with Crippen LogP contribution in [0.1, 0.15) is 29.4 Å². The molecule has 0 bridgehead atoms. The number of ether oxygens (including phenoxy) is 2. The van der Waals surface area contributed by atoms with Crippen LogP contribution >= 0.6 is 11.3 Å². The monoisotopic (exact) mass is 502 g/mol. The molecule has 1 aliphatic heterocycles. The van der Waals surface area contributed by atoms with E-state index in [4.69, 9.17) is 9.47 Å². The molecule has 0 saturated carbocycles. The second-order valence-electron chi connectivity index (χ2n) is 8.25. The largest absolute Gasteiger partial charge is 0.484 e. The Kier molecular flexibility index (Phi) is 7.20. The average Bonchev–Trinajstić information content (AvgIpc) is 3.26. The van der Waals surface area contributed by atoms with Crippen molar-refractivity contribution in [3.8, 4) is 5.75 Å². The molecule has 0 atom stereocenters. The lowest BCUT2D eigenvalue weighted by atomic mass is 10.0. The quantitative estimate of drug-likeness (QED) is 0.488. The number of benzene rings is 2. The van der Waals surface area contributed by atoms with Gasteiger partial charge in [0.25, 0.3) is 5.91 Å². The fourth-order valence-corrected chi connectivity index (χ4v) is 6.18. The Bertz CT molecular complexity index is 1290. The summed E-state index contributed by atoms with van der Waals surface area (Å²) in [6.45, 7) is 2.96. The Hall–Kier alpha value is -2.95. The molecule has 1 amide bonds. The Morgan fingerprint density at radius 3 is 2.47 bits per heavy atom. The first kappa shape index (κ1) is 24.2. The van der Waals surface area contributed by atoms with Crippen LogP contribution in [0.15, 0.2) is 53.4 Å². The highest BCUT2D eigenvalue weighted by Gasteiger charge is 2.28. The maximum Gasteiger partial charge on any atom is 0.348 e. The van der Waals surface area contributed by atoms with Crippen molar-refractivity contribution in [2.45, 2.75) is 24.7 Å². The van der Waals surface area contributed by atoms with Crippen LogP contribution in [0.25, 0.3) is 10.1 Å². The van der Waals surface area contributed by atoms with Crippen LogP contribution in [0.5, 0.6) is 5.75 Å². The molecule has 1 N–H and O–H groups in total. The van der Waals surface area contributed by atoms with Gasteiger partial charge in [-0.1, -0.05) is 6.92 Å². The van der Waals surface area contributed by atoms with Gasteiger partial charge in [-0.05, 0) is 72.7 Å². The normalized spacial score (nSPS) is 15.2. The number of hydrogen-bond donors (Lipinski definition) is 1. The fourth-order valence-electron chi connectivity index (χ4n) is 3.75. The first-order valence-electron chi connectivity index (χ1n) is 10.9. The van der Waals surface area contributed by atoms with Crippen molar-refractivity contribution in [2.24, 2.45) is 5.92 Å². The van der Waals surface area contributed by atoms with E-state index in [9.17, 15) is 18.0 Å². The molecule has 0 spiro atoms. The van der Waals surface area contributed by atoms with Gasteiger partial charge in [0.2, 0.25) is 10.0 Å². The zero-order valence-corrected chi connectivity index (χ0v) is 20.6. The number of nitrogens with one attached hydrogen (secondary N) is 1. The predicted octanol–water partition coefficient (Wildman–Crippen LogP) is 4.13. The molecule has 34 heavy (non-hydrogen) atoms. The van der Waals surface area contributed by atoms with Crippen LogP contribution in [0.2, 0.25) is 0 Å². The number of anilines is 1. The number of hydrogen-bond acceptors (Lipinski definition) is 7. The number of thiophene rings is 1. The summed E-state index contributed by atoms with van der Waals surface area (Å²) in [6.07, 6.45) is 1.72. The topological polar surface area (TPSA) is 102 Å². The molecule has 4 rings (SSSR count). The summed E-state index contributed by atoms with van der Waals surface area (Å²) in [7, 11) is -2.19. The second kappa shape index (κ2) is 10.1. The van der Waals surface area contributed by atoms with Crippen LogP contribution in [-0.4, -0.2) is 51.4 Å². The average molecular weight is 503 g/mol. The van der Waals surface area contributed by atoms with Crippen LogP contribution < -0.4 is 10.1 Å².